The summed E-state index contributed by atoms with van der Waals surface area (Å²) >= 11 is 1.61. The first-order chi connectivity index (χ1) is 12.8. The fourth-order valence-corrected chi connectivity index (χ4v) is 3.08. The Hall–Kier alpha value is -1.40. The SMILES string of the molecule is CN=C(NCc1cccc(COCC(F)(F)F)c1)N(C)Cc1csc(C)n1.I. The molecule has 156 valence electrons. The van der Waals surface area contributed by atoms with Gasteiger partial charge in [-0.15, -0.1) is 35.3 Å². The van der Waals surface area contributed by atoms with Crippen LogP contribution in [0.2, 0.25) is 0 Å². The Labute approximate surface area is 184 Å². The molecule has 1 N–H and O–H groups in total. The highest BCUT2D eigenvalue weighted by molar-refractivity contribution is 14.0. The highest BCUT2D eigenvalue weighted by Crippen LogP contribution is 2.16. The Morgan fingerprint density at radius 2 is 2.04 bits per heavy atom. The van der Waals surface area contributed by atoms with Crippen molar-refractivity contribution < 1.29 is 17.9 Å². The minimum Gasteiger partial charge on any atom is -0.367 e. The van der Waals surface area contributed by atoms with Gasteiger partial charge in [0, 0.05) is 26.0 Å². The molecule has 0 bridgehead atoms. The van der Waals surface area contributed by atoms with Gasteiger partial charge in [0.2, 0.25) is 0 Å². The number of nitrogens with one attached hydrogen (secondary N) is 1. The van der Waals surface area contributed by atoms with Crippen molar-refractivity contribution in [2.45, 2.75) is 32.8 Å². The van der Waals surface area contributed by atoms with Gasteiger partial charge >= 0.3 is 6.18 Å². The van der Waals surface area contributed by atoms with Crippen molar-refractivity contribution in [3.63, 3.8) is 0 Å². The molecule has 0 radical (unpaired) electrons. The number of aliphatic imine (C=N–C) groups is 1. The number of hydrogen-bond donors (Lipinski definition) is 1. The molecule has 0 amide bonds. The molecular weight excluding hydrogens is 504 g/mol. The average molecular weight is 528 g/mol. The third-order valence-electron chi connectivity index (χ3n) is 3.62. The molecule has 1 aromatic heterocycles. The van der Waals surface area contributed by atoms with Gasteiger partial charge in [0.25, 0.3) is 0 Å². The minimum atomic E-state index is -4.31. The van der Waals surface area contributed by atoms with Crippen molar-refractivity contribution in [2.75, 3.05) is 20.7 Å². The van der Waals surface area contributed by atoms with Crippen LogP contribution in [0.1, 0.15) is 21.8 Å². The van der Waals surface area contributed by atoms with E-state index in [1.165, 1.54) is 0 Å². The van der Waals surface area contributed by atoms with Crippen LogP contribution in [0.5, 0.6) is 0 Å². The van der Waals surface area contributed by atoms with Crippen LogP contribution >= 0.6 is 35.3 Å². The smallest absolute Gasteiger partial charge is 0.367 e. The molecule has 5 nitrogen and oxygen atoms in total. The zero-order valence-corrected chi connectivity index (χ0v) is 19.1. The number of aromatic nitrogens is 1. The largest absolute Gasteiger partial charge is 0.411 e. The summed E-state index contributed by atoms with van der Waals surface area (Å²) < 4.78 is 41.2. The van der Waals surface area contributed by atoms with Gasteiger partial charge in [-0.1, -0.05) is 24.3 Å². The van der Waals surface area contributed by atoms with Gasteiger partial charge in [0.1, 0.15) is 6.61 Å². The predicted molar refractivity (Wildman–Crippen MR) is 116 cm³/mol. The summed E-state index contributed by atoms with van der Waals surface area (Å²) in [5.74, 6) is 0.708. The summed E-state index contributed by atoms with van der Waals surface area (Å²) in [6, 6.07) is 7.26. The molecule has 0 atom stereocenters. The van der Waals surface area contributed by atoms with Crippen LogP contribution in [0, 0.1) is 6.92 Å². The van der Waals surface area contributed by atoms with Crippen LogP contribution < -0.4 is 5.32 Å². The molecule has 1 heterocycles. The highest BCUT2D eigenvalue weighted by Gasteiger charge is 2.27. The molecule has 2 rings (SSSR count). The Balaban J connectivity index is 0.00000392. The maximum absolute atomic E-state index is 12.2. The van der Waals surface area contributed by atoms with E-state index in [0.29, 0.717) is 24.6 Å². The summed E-state index contributed by atoms with van der Waals surface area (Å²) in [6.45, 7) is 1.77. The summed E-state index contributed by atoms with van der Waals surface area (Å²) in [5.41, 5.74) is 2.61. The zero-order chi connectivity index (χ0) is 19.9. The Kier molecular flexibility index (Phi) is 10.2. The predicted octanol–water partition coefficient (Wildman–Crippen LogP) is 4.36. The molecule has 0 spiro atoms. The molecular formula is C18H24F3IN4OS. The van der Waals surface area contributed by atoms with Crippen LogP contribution in [0.4, 0.5) is 13.2 Å². The van der Waals surface area contributed by atoms with Crippen LogP contribution in [0.15, 0.2) is 34.6 Å². The maximum atomic E-state index is 12.2. The van der Waals surface area contributed by atoms with E-state index in [4.69, 9.17) is 4.74 Å². The van der Waals surface area contributed by atoms with E-state index >= 15 is 0 Å². The maximum Gasteiger partial charge on any atom is 0.411 e. The van der Waals surface area contributed by atoms with Crippen molar-refractivity contribution in [1.82, 2.24) is 15.2 Å². The fourth-order valence-electron chi connectivity index (χ4n) is 2.48. The van der Waals surface area contributed by atoms with Crippen LogP contribution in [0.3, 0.4) is 0 Å². The number of hydrogen-bond acceptors (Lipinski definition) is 4. The standard InChI is InChI=1S/C18H23F3N4OS.HI/c1-13-24-16(11-27-13)9-25(3)17(22-2)23-8-14-5-4-6-15(7-14)10-26-12-18(19,20)21;/h4-7,11H,8-10,12H2,1-3H3,(H,22,23);1H. The average Bonchev–Trinajstić information content (AvgIpc) is 2.99. The lowest BCUT2D eigenvalue weighted by Crippen LogP contribution is -2.38. The van der Waals surface area contributed by atoms with Crippen LogP contribution in [0.25, 0.3) is 0 Å². The second kappa shape index (κ2) is 11.6. The number of guanidine groups is 1. The van der Waals surface area contributed by atoms with Gasteiger partial charge in [-0.25, -0.2) is 4.98 Å². The molecule has 0 unspecified atom stereocenters. The quantitative estimate of drug-likeness (QED) is 0.330. The second-order valence-corrected chi connectivity index (χ2v) is 7.10. The minimum absolute atomic E-state index is 0. The topological polar surface area (TPSA) is 49.8 Å². The summed E-state index contributed by atoms with van der Waals surface area (Å²) in [4.78, 5) is 10.7. The van der Waals surface area contributed by atoms with Crippen molar-refractivity contribution in [2.24, 2.45) is 4.99 Å². The van der Waals surface area contributed by atoms with E-state index in [9.17, 15) is 13.2 Å². The first kappa shape index (κ1) is 24.6. The van der Waals surface area contributed by atoms with Gasteiger partial charge in [-0.2, -0.15) is 13.2 Å². The van der Waals surface area contributed by atoms with Crippen LogP contribution in [-0.2, 0) is 24.4 Å². The third-order valence-corrected chi connectivity index (χ3v) is 4.44. The number of nitrogens with zero attached hydrogens (tertiary/aromatic N) is 3. The number of benzene rings is 1. The Morgan fingerprint density at radius 3 is 2.64 bits per heavy atom. The van der Waals surface area contributed by atoms with E-state index in [2.05, 4.69) is 15.3 Å². The van der Waals surface area contributed by atoms with Gasteiger partial charge < -0.3 is 15.0 Å². The van der Waals surface area contributed by atoms with Gasteiger partial charge in [0.05, 0.1) is 23.9 Å². The first-order valence-electron chi connectivity index (χ1n) is 8.32. The molecule has 0 aliphatic carbocycles. The number of ether oxygens (including phenoxy) is 1. The van der Waals surface area contributed by atoms with Gasteiger partial charge in [-0.05, 0) is 18.1 Å². The van der Waals surface area contributed by atoms with E-state index in [-0.39, 0.29) is 30.6 Å². The monoisotopic (exact) mass is 528 g/mol. The summed E-state index contributed by atoms with van der Waals surface area (Å²) in [6.07, 6.45) is -4.31. The highest BCUT2D eigenvalue weighted by atomic mass is 127. The lowest BCUT2D eigenvalue weighted by Gasteiger charge is -2.21. The lowest BCUT2D eigenvalue weighted by atomic mass is 10.1. The normalized spacial score (nSPS) is 11.9. The van der Waals surface area contributed by atoms with E-state index in [1.807, 2.05) is 36.4 Å². The molecule has 28 heavy (non-hydrogen) atoms. The summed E-state index contributed by atoms with van der Waals surface area (Å²) in [5, 5.41) is 6.29. The van der Waals surface area contributed by atoms with Crippen molar-refractivity contribution in [3.05, 3.63) is 51.5 Å². The van der Waals surface area contributed by atoms with Gasteiger partial charge in [-0.3, -0.25) is 4.99 Å². The van der Waals surface area contributed by atoms with E-state index < -0.39 is 12.8 Å². The fraction of sp³-hybridized carbons (Fsp3) is 0.444. The first-order valence-corrected chi connectivity index (χ1v) is 9.20. The number of alkyl halides is 3. The molecule has 0 saturated carbocycles. The van der Waals surface area contributed by atoms with Crippen molar-refractivity contribution >= 4 is 41.3 Å². The zero-order valence-electron chi connectivity index (χ0n) is 15.9. The number of aryl methyl sites for hydroxylation is 1. The second-order valence-electron chi connectivity index (χ2n) is 6.04. The van der Waals surface area contributed by atoms with E-state index in [1.54, 1.807) is 30.5 Å². The Bertz CT molecular complexity index is 767. The van der Waals surface area contributed by atoms with Crippen molar-refractivity contribution in [3.8, 4) is 0 Å². The molecule has 0 aliphatic rings. The number of rotatable bonds is 7. The molecule has 0 aliphatic heterocycles. The summed E-state index contributed by atoms with van der Waals surface area (Å²) in [7, 11) is 3.62. The van der Waals surface area contributed by atoms with Crippen molar-refractivity contribution in [1.29, 1.82) is 0 Å². The van der Waals surface area contributed by atoms with E-state index in [0.717, 1.165) is 16.3 Å². The molecule has 2 aromatic rings. The molecule has 1 aromatic carbocycles. The van der Waals surface area contributed by atoms with Gasteiger partial charge in [0.15, 0.2) is 5.96 Å². The number of thiazole rings is 1. The van der Waals surface area contributed by atoms with Crippen LogP contribution in [-0.4, -0.2) is 42.7 Å². The third kappa shape index (κ3) is 8.74. The number of halogens is 4. The molecule has 0 saturated heterocycles. The molecule has 10 heteroatoms. The molecule has 0 fully saturated rings. The lowest BCUT2D eigenvalue weighted by molar-refractivity contribution is -0.176. The Morgan fingerprint density at radius 1 is 1.32 bits per heavy atom.